The molecule has 0 amide bonds. The lowest BCUT2D eigenvalue weighted by Crippen LogP contribution is -2.40. The molecule has 0 radical (unpaired) electrons. The molecule has 64 valence electrons. The molecule has 1 aromatic heterocycles. The lowest BCUT2D eigenvalue weighted by Gasteiger charge is -2.14. The van der Waals surface area contributed by atoms with Crippen LogP contribution in [0, 0.1) is 0 Å². The van der Waals surface area contributed by atoms with Gasteiger partial charge >= 0.3 is 0 Å². The Bertz CT molecular complexity index is 666. The molecule has 2 aliphatic rings. The van der Waals surface area contributed by atoms with E-state index in [9.17, 15) is 0 Å². The van der Waals surface area contributed by atoms with Crippen molar-refractivity contribution < 1.29 is 0 Å². The van der Waals surface area contributed by atoms with Crippen molar-refractivity contribution in [2.24, 2.45) is 0 Å². The van der Waals surface area contributed by atoms with Crippen LogP contribution in [0.25, 0.3) is 21.8 Å². The molecule has 0 saturated carbocycles. The quantitative estimate of drug-likeness (QED) is 0.386. The number of rotatable bonds is 0. The monoisotopic (exact) mass is 177 g/mol. The van der Waals surface area contributed by atoms with E-state index >= 15 is 0 Å². The number of para-hydroxylation sites is 1. The van der Waals surface area contributed by atoms with Crippen LogP contribution < -0.4 is 10.9 Å². The molecular weight excluding hydrogens is 169 g/mol. The molecule has 2 aromatic carbocycles. The van der Waals surface area contributed by atoms with Gasteiger partial charge in [0.1, 0.15) is 0 Å². The lowest BCUT2D eigenvalue weighted by molar-refractivity contribution is 1.56. The summed E-state index contributed by atoms with van der Waals surface area (Å²) in [5, 5.41) is 2.74. The van der Waals surface area contributed by atoms with Crippen LogP contribution in [-0.4, -0.2) is 12.3 Å². The number of H-pyrrole nitrogens is 1. The fourth-order valence-corrected chi connectivity index (χ4v) is 2.42. The van der Waals surface area contributed by atoms with Gasteiger partial charge in [-0.3, -0.25) is 0 Å². The molecule has 0 fully saturated rings. The molecule has 0 atom stereocenters. The van der Waals surface area contributed by atoms with Gasteiger partial charge in [0.05, 0.1) is 0 Å². The van der Waals surface area contributed by atoms with Crippen LogP contribution in [0.3, 0.4) is 0 Å². The Morgan fingerprint density at radius 3 is 2.79 bits per heavy atom. The van der Waals surface area contributed by atoms with E-state index in [1.54, 1.807) is 0 Å². The second-order valence-corrected chi connectivity index (χ2v) is 4.02. The Labute approximate surface area is 82.0 Å². The highest BCUT2D eigenvalue weighted by molar-refractivity contribution is 6.76. The zero-order valence-corrected chi connectivity index (χ0v) is 7.67. The van der Waals surface area contributed by atoms with Gasteiger partial charge in [-0.1, -0.05) is 41.3 Å². The maximum Gasteiger partial charge on any atom is 0.194 e. The summed E-state index contributed by atoms with van der Waals surface area (Å²) in [4.78, 5) is 3.49. The molecule has 2 bridgehead atoms. The van der Waals surface area contributed by atoms with Crippen molar-refractivity contribution in [2.45, 2.75) is 0 Å². The van der Waals surface area contributed by atoms with E-state index in [1.165, 1.54) is 32.7 Å². The molecule has 0 aliphatic carbocycles. The predicted octanol–water partition coefficient (Wildman–Crippen LogP) is 1.02. The summed E-state index contributed by atoms with van der Waals surface area (Å²) < 4.78 is 0. The van der Waals surface area contributed by atoms with Gasteiger partial charge in [0, 0.05) is 21.8 Å². The van der Waals surface area contributed by atoms with Crippen molar-refractivity contribution in [3.05, 3.63) is 36.4 Å². The third-order valence-electron chi connectivity index (χ3n) is 3.15. The minimum atomic E-state index is 1.15. The molecule has 14 heavy (non-hydrogen) atoms. The Balaban J connectivity index is 2.37. The molecule has 0 unspecified atom stereocenters. The average molecular weight is 177 g/mol. The molecule has 0 saturated heterocycles. The Kier molecular flexibility index (Phi) is 0.975. The fraction of sp³-hybridized carbons (Fsp3) is 0. The van der Waals surface area contributed by atoms with E-state index in [-0.39, 0.29) is 0 Å². The van der Waals surface area contributed by atoms with Crippen LogP contribution >= 0.6 is 0 Å². The minimum Gasteiger partial charge on any atom is -0.355 e. The largest absolute Gasteiger partial charge is 0.355 e. The molecule has 2 aliphatic heterocycles. The lowest BCUT2D eigenvalue weighted by atomic mass is 9.54. The van der Waals surface area contributed by atoms with Gasteiger partial charge in [0.2, 0.25) is 0 Å². The summed E-state index contributed by atoms with van der Waals surface area (Å²) in [6.07, 6.45) is 0. The Morgan fingerprint density at radius 2 is 1.86 bits per heavy atom. The zero-order chi connectivity index (χ0) is 9.12. The van der Waals surface area contributed by atoms with Gasteiger partial charge in [-0.15, -0.1) is 0 Å². The number of aromatic amines is 1. The smallest absolute Gasteiger partial charge is 0.194 e. The predicted molar refractivity (Wildman–Crippen MR) is 62.2 cm³/mol. The van der Waals surface area contributed by atoms with Crippen molar-refractivity contribution in [1.82, 2.24) is 4.98 Å². The highest BCUT2D eigenvalue weighted by Crippen LogP contribution is 2.24. The van der Waals surface area contributed by atoms with Crippen LogP contribution in [0.1, 0.15) is 0 Å². The average Bonchev–Trinajstić information content (AvgIpc) is 2.54. The van der Waals surface area contributed by atoms with Crippen molar-refractivity contribution in [3.8, 4) is 0 Å². The highest BCUT2D eigenvalue weighted by Gasteiger charge is 2.17. The summed E-state index contributed by atoms with van der Waals surface area (Å²) in [6.45, 7) is 0. The molecule has 5 rings (SSSR count). The molecule has 3 aromatic rings. The van der Waals surface area contributed by atoms with E-state index in [4.69, 9.17) is 0 Å². The number of aromatic nitrogens is 1. The topological polar surface area (TPSA) is 15.8 Å². The number of hydrogen-bond acceptors (Lipinski definition) is 0. The number of hydrogen-bond donors (Lipinski definition) is 1. The summed E-state index contributed by atoms with van der Waals surface area (Å²) in [6, 6.07) is 13.1. The van der Waals surface area contributed by atoms with E-state index < -0.39 is 0 Å². The van der Waals surface area contributed by atoms with Crippen LogP contribution in [-0.2, 0) is 0 Å². The summed E-state index contributed by atoms with van der Waals surface area (Å²) >= 11 is 0. The summed E-state index contributed by atoms with van der Waals surface area (Å²) in [5.74, 6) is 0. The zero-order valence-electron chi connectivity index (χ0n) is 7.67. The normalized spacial score (nSPS) is 12.9. The van der Waals surface area contributed by atoms with E-state index in [0.717, 1.165) is 7.28 Å². The summed E-state index contributed by atoms with van der Waals surface area (Å²) in [5.41, 5.74) is 5.52. The van der Waals surface area contributed by atoms with E-state index in [2.05, 4.69) is 41.4 Å². The first-order valence-electron chi connectivity index (χ1n) is 4.94. The van der Waals surface area contributed by atoms with Crippen molar-refractivity contribution in [3.63, 3.8) is 0 Å². The maximum atomic E-state index is 3.49. The van der Waals surface area contributed by atoms with Gasteiger partial charge in [0.25, 0.3) is 0 Å². The van der Waals surface area contributed by atoms with Crippen LogP contribution in [0.2, 0.25) is 0 Å². The number of nitrogens with one attached hydrogen (secondary N) is 1. The standard InChI is InChI=1S/C12H8BN/c1-2-4-11-8(3-1)9-5-7-6-10(13-7)12(9)14-11/h1-6,13-14H. The molecule has 1 N–H and O–H groups in total. The second kappa shape index (κ2) is 2.03. The van der Waals surface area contributed by atoms with Crippen LogP contribution in [0.15, 0.2) is 36.4 Å². The molecular formula is C12H8BN. The van der Waals surface area contributed by atoms with E-state index in [0.29, 0.717) is 0 Å². The first-order chi connectivity index (χ1) is 6.92. The molecule has 0 spiro atoms. The van der Waals surface area contributed by atoms with E-state index in [1.807, 2.05) is 0 Å². The molecule has 3 heterocycles. The SMILES string of the molecule is B1c2cc1c1[nH]c3ccccc3c1c2. The van der Waals surface area contributed by atoms with Gasteiger partial charge in [0.15, 0.2) is 7.28 Å². The minimum absolute atomic E-state index is 1.15. The molecule has 2 heteroatoms. The van der Waals surface area contributed by atoms with Gasteiger partial charge in [-0.2, -0.15) is 0 Å². The van der Waals surface area contributed by atoms with Crippen molar-refractivity contribution >= 4 is 40.0 Å². The number of fused-ring (bicyclic) bond motifs is 1. The maximum absolute atomic E-state index is 3.49. The van der Waals surface area contributed by atoms with Gasteiger partial charge in [-0.25, -0.2) is 0 Å². The Hall–Kier alpha value is -1.70. The third kappa shape index (κ3) is 0.641. The van der Waals surface area contributed by atoms with Crippen molar-refractivity contribution in [1.29, 1.82) is 0 Å². The molecule has 1 nitrogen and oxygen atoms in total. The van der Waals surface area contributed by atoms with Crippen molar-refractivity contribution in [2.75, 3.05) is 0 Å². The third-order valence-corrected chi connectivity index (χ3v) is 3.15. The first-order valence-corrected chi connectivity index (χ1v) is 4.94. The second-order valence-electron chi connectivity index (χ2n) is 4.02. The first kappa shape index (κ1) is 6.71. The van der Waals surface area contributed by atoms with Crippen LogP contribution in [0.4, 0.5) is 0 Å². The fourth-order valence-electron chi connectivity index (χ4n) is 2.42. The van der Waals surface area contributed by atoms with Gasteiger partial charge < -0.3 is 4.98 Å². The Morgan fingerprint density at radius 1 is 1.00 bits per heavy atom. The highest BCUT2D eigenvalue weighted by atomic mass is 14.7. The number of benzene rings is 2. The van der Waals surface area contributed by atoms with Gasteiger partial charge in [-0.05, 0) is 6.07 Å². The summed E-state index contributed by atoms with van der Waals surface area (Å²) in [7, 11) is 1.15. The van der Waals surface area contributed by atoms with Crippen LogP contribution in [0.5, 0.6) is 0 Å².